The molecule has 2 aromatic carbocycles. The second-order valence-electron chi connectivity index (χ2n) is 8.05. The molecule has 30 heavy (non-hydrogen) atoms. The van der Waals surface area contributed by atoms with Crippen LogP contribution in [-0.4, -0.2) is 37.4 Å². The second-order valence-corrected chi connectivity index (χ2v) is 9.80. The van der Waals surface area contributed by atoms with Crippen LogP contribution in [0.4, 0.5) is 11.4 Å². The molecule has 1 atom stereocenters. The van der Waals surface area contributed by atoms with Crippen LogP contribution in [0.5, 0.6) is 0 Å². The van der Waals surface area contributed by atoms with Crippen molar-refractivity contribution in [1.82, 2.24) is 4.90 Å². The highest BCUT2D eigenvalue weighted by atomic mass is 32.2. The monoisotopic (exact) mass is 429 g/mol. The number of sulfonamides is 1. The number of benzene rings is 2. The van der Waals surface area contributed by atoms with Crippen LogP contribution in [0.3, 0.4) is 0 Å². The van der Waals surface area contributed by atoms with E-state index in [0.29, 0.717) is 30.8 Å². The van der Waals surface area contributed by atoms with Crippen molar-refractivity contribution >= 4 is 33.2 Å². The molecule has 7 nitrogen and oxygen atoms in total. The fourth-order valence-electron chi connectivity index (χ4n) is 3.55. The van der Waals surface area contributed by atoms with Crippen molar-refractivity contribution in [3.05, 3.63) is 59.7 Å². The first-order chi connectivity index (χ1) is 14.1. The van der Waals surface area contributed by atoms with E-state index in [0.717, 1.165) is 17.4 Å². The predicted molar refractivity (Wildman–Crippen MR) is 117 cm³/mol. The van der Waals surface area contributed by atoms with Gasteiger partial charge < -0.3 is 10.2 Å². The van der Waals surface area contributed by atoms with Crippen LogP contribution in [0, 0.1) is 5.92 Å². The fourth-order valence-corrected chi connectivity index (χ4v) is 4.11. The van der Waals surface area contributed by atoms with Crippen molar-refractivity contribution in [2.45, 2.75) is 39.3 Å². The Labute approximate surface area is 177 Å². The Bertz CT molecular complexity index is 1030. The van der Waals surface area contributed by atoms with Gasteiger partial charge in [-0.1, -0.05) is 38.1 Å². The molecule has 160 valence electrons. The Morgan fingerprint density at radius 1 is 1.03 bits per heavy atom. The molecule has 1 aliphatic rings. The van der Waals surface area contributed by atoms with E-state index in [1.807, 2.05) is 38.1 Å². The Hall–Kier alpha value is -2.87. The van der Waals surface area contributed by atoms with Crippen LogP contribution in [-0.2, 0) is 32.6 Å². The van der Waals surface area contributed by atoms with Gasteiger partial charge in [0.15, 0.2) is 0 Å². The number of amides is 2. The van der Waals surface area contributed by atoms with Crippen LogP contribution < -0.4 is 10.0 Å². The Balaban J connectivity index is 1.78. The number of nitrogens with one attached hydrogen (secondary N) is 2. The normalized spacial score (nSPS) is 16.1. The second kappa shape index (κ2) is 8.87. The predicted octanol–water partition coefficient (Wildman–Crippen LogP) is 3.00. The zero-order chi connectivity index (χ0) is 21.9. The quantitative estimate of drug-likeness (QED) is 0.738. The highest BCUT2D eigenvalue weighted by molar-refractivity contribution is 7.92. The molecule has 0 spiro atoms. The zero-order valence-corrected chi connectivity index (χ0v) is 18.2. The van der Waals surface area contributed by atoms with E-state index < -0.39 is 16.1 Å². The van der Waals surface area contributed by atoms with Crippen molar-refractivity contribution in [2.24, 2.45) is 5.92 Å². The maximum atomic E-state index is 13.1. The molecule has 1 heterocycles. The SMILES string of the molecule is CC(C)CC(=O)N1Cc2ccccc2CC1C(=O)Nc1ccc(NS(C)(=O)=O)cc1. The average Bonchev–Trinajstić information content (AvgIpc) is 2.66. The molecule has 2 aromatic rings. The summed E-state index contributed by atoms with van der Waals surface area (Å²) in [6.07, 6.45) is 1.92. The molecule has 0 aliphatic carbocycles. The molecule has 0 bridgehead atoms. The summed E-state index contributed by atoms with van der Waals surface area (Å²) in [6, 6.07) is 13.7. The lowest BCUT2D eigenvalue weighted by Gasteiger charge is -2.36. The van der Waals surface area contributed by atoms with Gasteiger partial charge in [0.05, 0.1) is 6.26 Å². The molecule has 2 amide bonds. The van der Waals surface area contributed by atoms with Crippen LogP contribution >= 0.6 is 0 Å². The van der Waals surface area contributed by atoms with E-state index in [4.69, 9.17) is 0 Å². The van der Waals surface area contributed by atoms with Gasteiger partial charge in [0.2, 0.25) is 21.8 Å². The number of anilines is 2. The van der Waals surface area contributed by atoms with Crippen molar-refractivity contribution < 1.29 is 18.0 Å². The molecule has 3 rings (SSSR count). The van der Waals surface area contributed by atoms with Crippen LogP contribution in [0.1, 0.15) is 31.4 Å². The van der Waals surface area contributed by atoms with Crippen molar-refractivity contribution in [3.63, 3.8) is 0 Å². The molecule has 0 aromatic heterocycles. The molecular formula is C22H27N3O4S. The van der Waals surface area contributed by atoms with E-state index in [9.17, 15) is 18.0 Å². The summed E-state index contributed by atoms with van der Waals surface area (Å²) in [7, 11) is -3.37. The van der Waals surface area contributed by atoms with Gasteiger partial charge in [-0.15, -0.1) is 0 Å². The number of carbonyl (C=O) groups excluding carboxylic acids is 2. The summed E-state index contributed by atoms with van der Waals surface area (Å²) in [6.45, 7) is 4.38. The maximum absolute atomic E-state index is 13.1. The lowest BCUT2D eigenvalue weighted by atomic mass is 9.92. The summed E-state index contributed by atoms with van der Waals surface area (Å²) in [5.41, 5.74) is 3.08. The zero-order valence-electron chi connectivity index (χ0n) is 17.4. The van der Waals surface area contributed by atoms with Gasteiger partial charge in [-0.05, 0) is 41.3 Å². The van der Waals surface area contributed by atoms with Crippen LogP contribution in [0.15, 0.2) is 48.5 Å². The molecule has 1 aliphatic heterocycles. The van der Waals surface area contributed by atoms with Gasteiger partial charge in [-0.3, -0.25) is 14.3 Å². The molecule has 0 saturated carbocycles. The third-order valence-corrected chi connectivity index (χ3v) is 5.52. The van der Waals surface area contributed by atoms with E-state index in [-0.39, 0.29) is 17.7 Å². The summed E-state index contributed by atoms with van der Waals surface area (Å²) < 4.78 is 25.0. The van der Waals surface area contributed by atoms with E-state index >= 15 is 0 Å². The molecule has 0 radical (unpaired) electrons. The lowest BCUT2D eigenvalue weighted by Crippen LogP contribution is -2.50. The first kappa shape index (κ1) is 21.8. The largest absolute Gasteiger partial charge is 0.326 e. The molecular weight excluding hydrogens is 402 g/mol. The highest BCUT2D eigenvalue weighted by Crippen LogP contribution is 2.26. The number of nitrogens with zero attached hydrogens (tertiary/aromatic N) is 1. The molecule has 1 unspecified atom stereocenters. The summed E-state index contributed by atoms with van der Waals surface area (Å²) in [5.74, 6) is -0.0916. The van der Waals surface area contributed by atoms with E-state index in [1.165, 1.54) is 0 Å². The molecule has 0 saturated heterocycles. The van der Waals surface area contributed by atoms with Gasteiger partial charge in [0.25, 0.3) is 0 Å². The van der Waals surface area contributed by atoms with Crippen molar-refractivity contribution in [1.29, 1.82) is 0 Å². The van der Waals surface area contributed by atoms with E-state index in [2.05, 4.69) is 10.0 Å². The Kier molecular flexibility index (Phi) is 6.45. The first-order valence-corrected chi connectivity index (χ1v) is 11.8. The summed E-state index contributed by atoms with van der Waals surface area (Å²) in [5, 5.41) is 2.86. The fraction of sp³-hybridized carbons (Fsp3) is 0.364. The minimum Gasteiger partial charge on any atom is -0.326 e. The number of fused-ring (bicyclic) bond motifs is 1. The third-order valence-electron chi connectivity index (χ3n) is 4.91. The van der Waals surface area contributed by atoms with Crippen molar-refractivity contribution in [2.75, 3.05) is 16.3 Å². The Morgan fingerprint density at radius 3 is 2.23 bits per heavy atom. The average molecular weight is 430 g/mol. The molecule has 8 heteroatoms. The van der Waals surface area contributed by atoms with Gasteiger partial charge in [0, 0.05) is 30.8 Å². The van der Waals surface area contributed by atoms with Gasteiger partial charge >= 0.3 is 0 Å². The smallest absolute Gasteiger partial charge is 0.247 e. The van der Waals surface area contributed by atoms with Crippen molar-refractivity contribution in [3.8, 4) is 0 Å². The minimum atomic E-state index is -3.37. The lowest BCUT2D eigenvalue weighted by molar-refractivity contribution is -0.140. The summed E-state index contributed by atoms with van der Waals surface area (Å²) >= 11 is 0. The van der Waals surface area contributed by atoms with Crippen LogP contribution in [0.2, 0.25) is 0 Å². The maximum Gasteiger partial charge on any atom is 0.247 e. The van der Waals surface area contributed by atoms with Gasteiger partial charge in [-0.2, -0.15) is 0 Å². The minimum absolute atomic E-state index is 0.0349. The Morgan fingerprint density at radius 2 is 1.63 bits per heavy atom. The van der Waals surface area contributed by atoms with Gasteiger partial charge in [-0.25, -0.2) is 8.42 Å². The number of rotatable bonds is 6. The number of hydrogen-bond donors (Lipinski definition) is 2. The van der Waals surface area contributed by atoms with E-state index in [1.54, 1.807) is 29.2 Å². The number of hydrogen-bond acceptors (Lipinski definition) is 4. The first-order valence-electron chi connectivity index (χ1n) is 9.87. The summed E-state index contributed by atoms with van der Waals surface area (Å²) in [4.78, 5) is 27.6. The molecule has 0 fully saturated rings. The standard InChI is InChI=1S/C22H27N3O4S/c1-15(2)12-21(26)25-14-17-7-5-4-6-16(17)13-20(25)22(27)23-18-8-10-19(11-9-18)24-30(3,28)29/h4-11,15,20,24H,12-14H2,1-3H3,(H,23,27). The number of carbonyl (C=O) groups is 2. The van der Waals surface area contributed by atoms with Gasteiger partial charge in [0.1, 0.15) is 6.04 Å². The highest BCUT2D eigenvalue weighted by Gasteiger charge is 2.34. The van der Waals surface area contributed by atoms with Crippen LogP contribution in [0.25, 0.3) is 0 Å². The molecule has 2 N–H and O–H groups in total. The third kappa shape index (κ3) is 5.60. The topological polar surface area (TPSA) is 95.6 Å².